The number of Topliss-reactive ketones (excluding diaryl/α,β-unsaturated/α-hetero) is 1. The van der Waals surface area contributed by atoms with Crippen molar-refractivity contribution in [3.05, 3.63) is 0 Å². The van der Waals surface area contributed by atoms with Gasteiger partial charge < -0.3 is 0 Å². The van der Waals surface area contributed by atoms with Crippen molar-refractivity contribution >= 4 is 5.78 Å². The van der Waals surface area contributed by atoms with Crippen LogP contribution in [-0.2, 0) is 4.79 Å². The summed E-state index contributed by atoms with van der Waals surface area (Å²) in [5, 5.41) is 0. The number of hydrogen-bond acceptors (Lipinski definition) is 1. The Balaban J connectivity index is 2.13. The maximum atomic E-state index is 11.4. The van der Waals surface area contributed by atoms with Gasteiger partial charge in [-0.1, -0.05) is 13.3 Å². The molecule has 56 valence electrons. The van der Waals surface area contributed by atoms with Crippen molar-refractivity contribution < 1.29 is 4.79 Å². The monoisotopic (exact) mass is 138 g/mol. The van der Waals surface area contributed by atoms with Crippen LogP contribution in [0.15, 0.2) is 0 Å². The third-order valence-electron chi connectivity index (χ3n) is 3.29. The quantitative estimate of drug-likeness (QED) is 0.501. The predicted octanol–water partition coefficient (Wildman–Crippen LogP) is 2.16. The maximum absolute atomic E-state index is 11.4. The molecule has 0 amide bonds. The summed E-state index contributed by atoms with van der Waals surface area (Å²) in [5.74, 6) is 1.27. The predicted molar refractivity (Wildman–Crippen MR) is 39.7 cm³/mol. The summed E-state index contributed by atoms with van der Waals surface area (Å²) < 4.78 is 0. The van der Waals surface area contributed by atoms with Crippen LogP contribution in [0.3, 0.4) is 0 Å². The van der Waals surface area contributed by atoms with E-state index >= 15 is 0 Å². The summed E-state index contributed by atoms with van der Waals surface area (Å²) in [4.78, 5) is 11.4. The molecule has 2 fully saturated rings. The molecule has 0 aliphatic heterocycles. The van der Waals surface area contributed by atoms with Crippen LogP contribution in [0.25, 0.3) is 0 Å². The van der Waals surface area contributed by atoms with E-state index in [1.54, 1.807) is 0 Å². The van der Waals surface area contributed by atoms with Gasteiger partial charge in [-0.05, 0) is 25.2 Å². The molecule has 0 heterocycles. The van der Waals surface area contributed by atoms with Gasteiger partial charge in [0.05, 0.1) is 0 Å². The highest BCUT2D eigenvalue weighted by molar-refractivity contribution is 5.88. The van der Waals surface area contributed by atoms with E-state index in [9.17, 15) is 4.79 Å². The standard InChI is InChI=1S/C9H14O/c1-7-6-9(7)5-3-2-4-8(9)10/h7H,2-6H2,1H3. The van der Waals surface area contributed by atoms with Crippen molar-refractivity contribution in [3.63, 3.8) is 0 Å². The molecule has 0 saturated heterocycles. The fourth-order valence-corrected chi connectivity index (χ4v) is 2.34. The Labute approximate surface area is 61.8 Å². The van der Waals surface area contributed by atoms with Crippen molar-refractivity contribution in [3.8, 4) is 0 Å². The molecule has 2 aliphatic carbocycles. The molecule has 2 unspecified atom stereocenters. The Kier molecular flexibility index (Phi) is 1.17. The van der Waals surface area contributed by atoms with E-state index in [4.69, 9.17) is 0 Å². The third-order valence-corrected chi connectivity index (χ3v) is 3.29. The van der Waals surface area contributed by atoms with E-state index < -0.39 is 0 Å². The molecule has 0 aromatic heterocycles. The van der Waals surface area contributed by atoms with Gasteiger partial charge in [-0.2, -0.15) is 0 Å². The Morgan fingerprint density at radius 2 is 2.20 bits per heavy atom. The summed E-state index contributed by atoms with van der Waals surface area (Å²) in [7, 11) is 0. The van der Waals surface area contributed by atoms with Gasteiger partial charge in [0.1, 0.15) is 5.78 Å². The lowest BCUT2D eigenvalue weighted by Gasteiger charge is -2.19. The van der Waals surface area contributed by atoms with Crippen molar-refractivity contribution in [2.45, 2.75) is 39.0 Å². The number of hydrogen-bond donors (Lipinski definition) is 0. The van der Waals surface area contributed by atoms with Crippen LogP contribution >= 0.6 is 0 Å². The molecule has 1 spiro atoms. The van der Waals surface area contributed by atoms with Gasteiger partial charge in [-0.25, -0.2) is 0 Å². The van der Waals surface area contributed by atoms with E-state index in [0.717, 1.165) is 12.8 Å². The molecule has 0 N–H and O–H groups in total. The largest absolute Gasteiger partial charge is 0.299 e. The first-order valence-corrected chi connectivity index (χ1v) is 4.29. The second-order valence-electron chi connectivity index (χ2n) is 3.89. The smallest absolute Gasteiger partial charge is 0.139 e. The minimum absolute atomic E-state index is 0.207. The van der Waals surface area contributed by atoms with Gasteiger partial charge in [0, 0.05) is 11.8 Å². The average Bonchev–Trinajstić information content (AvgIpc) is 2.53. The second kappa shape index (κ2) is 1.84. The topological polar surface area (TPSA) is 17.1 Å². The first kappa shape index (κ1) is 6.38. The van der Waals surface area contributed by atoms with Gasteiger partial charge >= 0.3 is 0 Å². The normalized spacial score (nSPS) is 46.1. The fraction of sp³-hybridized carbons (Fsp3) is 0.889. The van der Waals surface area contributed by atoms with E-state index in [1.165, 1.54) is 19.3 Å². The molecule has 2 aliphatic rings. The lowest BCUT2D eigenvalue weighted by molar-refractivity contribution is -0.126. The van der Waals surface area contributed by atoms with Crippen molar-refractivity contribution in [2.24, 2.45) is 11.3 Å². The van der Waals surface area contributed by atoms with Crippen LogP contribution in [0.4, 0.5) is 0 Å². The summed E-state index contributed by atoms with van der Waals surface area (Å²) in [6, 6.07) is 0. The van der Waals surface area contributed by atoms with Gasteiger partial charge in [0.15, 0.2) is 0 Å². The summed E-state index contributed by atoms with van der Waals surface area (Å²) in [6.07, 6.45) is 5.67. The molecule has 2 saturated carbocycles. The number of rotatable bonds is 0. The first-order chi connectivity index (χ1) is 4.76. The third kappa shape index (κ3) is 0.664. The molecule has 0 aromatic carbocycles. The minimum Gasteiger partial charge on any atom is -0.299 e. The highest BCUT2D eigenvalue weighted by atomic mass is 16.1. The Morgan fingerprint density at radius 1 is 1.50 bits per heavy atom. The number of carbonyl (C=O) groups excluding carboxylic acids is 1. The zero-order valence-electron chi connectivity index (χ0n) is 6.52. The average molecular weight is 138 g/mol. The molecule has 2 rings (SSSR count). The van der Waals surface area contributed by atoms with Crippen LogP contribution in [0.5, 0.6) is 0 Å². The van der Waals surface area contributed by atoms with Gasteiger partial charge in [-0.15, -0.1) is 0 Å². The van der Waals surface area contributed by atoms with E-state index in [0.29, 0.717) is 11.7 Å². The van der Waals surface area contributed by atoms with Crippen molar-refractivity contribution in [1.29, 1.82) is 0 Å². The van der Waals surface area contributed by atoms with Gasteiger partial charge in [0.25, 0.3) is 0 Å². The van der Waals surface area contributed by atoms with Crippen LogP contribution in [0, 0.1) is 11.3 Å². The summed E-state index contributed by atoms with van der Waals surface area (Å²) >= 11 is 0. The first-order valence-electron chi connectivity index (χ1n) is 4.29. The zero-order chi connectivity index (χ0) is 7.19. The fourth-order valence-electron chi connectivity index (χ4n) is 2.34. The SMILES string of the molecule is CC1CC12CCCCC2=O. The van der Waals surface area contributed by atoms with Crippen molar-refractivity contribution in [1.82, 2.24) is 0 Å². The Hall–Kier alpha value is -0.330. The molecular formula is C9H14O. The molecule has 1 heteroatoms. The minimum atomic E-state index is 0.207. The van der Waals surface area contributed by atoms with E-state index in [2.05, 4.69) is 6.92 Å². The molecule has 10 heavy (non-hydrogen) atoms. The van der Waals surface area contributed by atoms with Gasteiger partial charge in [0.2, 0.25) is 0 Å². The van der Waals surface area contributed by atoms with E-state index in [1.807, 2.05) is 0 Å². The Bertz CT molecular complexity index is 174. The molecular weight excluding hydrogens is 124 g/mol. The molecule has 0 radical (unpaired) electrons. The van der Waals surface area contributed by atoms with Gasteiger partial charge in [-0.3, -0.25) is 4.79 Å². The molecule has 0 aromatic rings. The molecule has 0 bridgehead atoms. The van der Waals surface area contributed by atoms with Crippen LogP contribution in [0.2, 0.25) is 0 Å². The number of carbonyl (C=O) groups is 1. The van der Waals surface area contributed by atoms with Crippen LogP contribution in [-0.4, -0.2) is 5.78 Å². The second-order valence-corrected chi connectivity index (χ2v) is 3.89. The van der Waals surface area contributed by atoms with Crippen LogP contribution in [0.1, 0.15) is 39.0 Å². The van der Waals surface area contributed by atoms with Crippen molar-refractivity contribution in [2.75, 3.05) is 0 Å². The van der Waals surface area contributed by atoms with Crippen LogP contribution < -0.4 is 0 Å². The summed E-state index contributed by atoms with van der Waals surface area (Å²) in [5.41, 5.74) is 0.207. The molecule has 2 atom stereocenters. The highest BCUT2D eigenvalue weighted by Crippen LogP contribution is 2.58. The Morgan fingerprint density at radius 3 is 2.60 bits per heavy atom. The highest BCUT2D eigenvalue weighted by Gasteiger charge is 2.56. The van der Waals surface area contributed by atoms with E-state index in [-0.39, 0.29) is 5.41 Å². The summed E-state index contributed by atoms with van der Waals surface area (Å²) in [6.45, 7) is 2.21. The lowest BCUT2D eigenvalue weighted by atomic mass is 9.83. The number of ketones is 1. The molecule has 1 nitrogen and oxygen atoms in total. The lowest BCUT2D eigenvalue weighted by Crippen LogP contribution is -2.21. The zero-order valence-corrected chi connectivity index (χ0v) is 6.52. The maximum Gasteiger partial charge on any atom is 0.139 e.